The van der Waals surface area contributed by atoms with Gasteiger partial charge in [-0.1, -0.05) is 0 Å². The fourth-order valence-corrected chi connectivity index (χ4v) is 8.27. The predicted molar refractivity (Wildman–Crippen MR) is 138 cm³/mol. The molecule has 0 radical (unpaired) electrons. The van der Waals surface area contributed by atoms with Crippen molar-refractivity contribution in [3.8, 4) is 0 Å². The Morgan fingerprint density at radius 1 is 0.939 bits per heavy atom. The summed E-state index contributed by atoms with van der Waals surface area (Å²) in [4.78, 5) is 0.307. The van der Waals surface area contributed by atoms with Crippen LogP contribution in [0.25, 0.3) is 0 Å². The maximum absolute atomic E-state index is 14.0. The van der Waals surface area contributed by atoms with Gasteiger partial charge in [0.2, 0.25) is 0 Å². The Morgan fingerprint density at radius 2 is 1.58 bits per heavy atom. The Morgan fingerprint density at radius 3 is 2.18 bits per heavy atom. The van der Waals surface area contributed by atoms with Crippen molar-refractivity contribution in [2.45, 2.75) is 50.5 Å². The van der Waals surface area contributed by atoms with Gasteiger partial charge in [0.1, 0.15) is 0 Å². The number of hydrogen-bond acceptors (Lipinski definition) is 3. The minimum absolute atomic E-state index is 0.105. The normalized spacial score (nSPS) is 13.5. The molecule has 0 aliphatic heterocycles. The molecular weight excluding hydrogens is 519 g/mol. The number of aliphatic hydroxyl groups is 1. The Hall–Kier alpha value is -1.88. The Labute approximate surface area is 208 Å². The molecule has 0 aromatic heterocycles. The Kier molecular flexibility index (Phi) is 9.36. The number of rotatable bonds is 10. The van der Waals surface area contributed by atoms with Crippen LogP contribution in [0.5, 0.6) is 0 Å². The van der Waals surface area contributed by atoms with Gasteiger partial charge in [-0.05, 0) is 0 Å². The quantitative estimate of drug-likeness (QED) is 0.251. The monoisotopic (exact) mass is 548 g/mol. The molecule has 0 aliphatic carbocycles. The average molecular weight is 548 g/mol. The number of aryl methyl sites for hydroxylation is 1. The standard InChI is InChI=1S/C27H29ClO3SSe/c1-3-4-6-11-25(33-24-9-7-5-8-10-24)27(26(29)21-14-16-22(28)17-15-21)32(30,31)23-18-12-20(2)13-19-23/h5,7-10,12-19,26,29H,3-4,6,11H2,1-2H3/b27-25-. The second kappa shape index (κ2) is 12.0. The number of unbranched alkanes of at least 4 members (excludes halogenated alkanes) is 2. The van der Waals surface area contributed by atoms with E-state index >= 15 is 0 Å². The molecule has 0 heterocycles. The number of hydrogen-bond donors (Lipinski definition) is 1. The third-order valence-electron chi connectivity index (χ3n) is 5.32. The van der Waals surface area contributed by atoms with Crippen LogP contribution in [0.15, 0.2) is 93.1 Å². The van der Waals surface area contributed by atoms with Gasteiger partial charge >= 0.3 is 209 Å². The zero-order valence-electron chi connectivity index (χ0n) is 18.9. The van der Waals surface area contributed by atoms with Crippen molar-refractivity contribution in [2.75, 3.05) is 0 Å². The summed E-state index contributed by atoms with van der Waals surface area (Å²) in [6, 6.07) is 23.5. The molecule has 1 N–H and O–H groups in total. The van der Waals surface area contributed by atoms with E-state index in [1.807, 2.05) is 37.3 Å². The summed E-state index contributed by atoms with van der Waals surface area (Å²) in [6.07, 6.45) is 2.28. The minimum atomic E-state index is -3.92. The van der Waals surface area contributed by atoms with E-state index in [0.29, 0.717) is 17.0 Å². The molecule has 0 fully saturated rings. The van der Waals surface area contributed by atoms with Gasteiger partial charge in [-0.15, -0.1) is 0 Å². The molecule has 0 bridgehead atoms. The molecule has 0 saturated heterocycles. The molecule has 174 valence electrons. The van der Waals surface area contributed by atoms with Crippen LogP contribution in [-0.4, -0.2) is 28.5 Å². The molecule has 0 aliphatic rings. The van der Waals surface area contributed by atoms with Gasteiger partial charge in [0.15, 0.2) is 0 Å². The van der Waals surface area contributed by atoms with Crippen LogP contribution in [0.3, 0.4) is 0 Å². The van der Waals surface area contributed by atoms with E-state index < -0.39 is 15.9 Å². The molecule has 3 aromatic carbocycles. The van der Waals surface area contributed by atoms with Gasteiger partial charge in [0.25, 0.3) is 0 Å². The summed E-state index contributed by atoms with van der Waals surface area (Å²) in [7, 11) is -3.92. The van der Waals surface area contributed by atoms with Gasteiger partial charge in [-0.3, -0.25) is 0 Å². The first-order valence-corrected chi connectivity index (χ1v) is 14.6. The van der Waals surface area contributed by atoms with Crippen LogP contribution in [0, 0.1) is 6.92 Å². The van der Waals surface area contributed by atoms with Crippen molar-refractivity contribution in [3.05, 3.63) is 104 Å². The van der Waals surface area contributed by atoms with E-state index in [9.17, 15) is 13.5 Å². The Balaban J connectivity index is 2.20. The van der Waals surface area contributed by atoms with Crippen LogP contribution in [0.2, 0.25) is 5.02 Å². The summed E-state index contributed by atoms with van der Waals surface area (Å²) >= 11 is 5.80. The molecule has 33 heavy (non-hydrogen) atoms. The fraction of sp³-hybridized carbons (Fsp3) is 0.259. The second-order valence-electron chi connectivity index (χ2n) is 7.93. The molecule has 1 unspecified atom stereocenters. The number of sulfone groups is 1. The van der Waals surface area contributed by atoms with Gasteiger partial charge in [0.05, 0.1) is 0 Å². The summed E-state index contributed by atoms with van der Waals surface area (Å²) in [5.41, 5.74) is 1.50. The Bertz CT molecular complexity index is 1170. The average Bonchev–Trinajstić information content (AvgIpc) is 2.80. The zero-order chi connectivity index (χ0) is 23.8. The van der Waals surface area contributed by atoms with E-state index in [1.54, 1.807) is 48.5 Å². The van der Waals surface area contributed by atoms with Crippen molar-refractivity contribution in [1.82, 2.24) is 0 Å². The SMILES string of the molecule is CCCCC/C([Se]c1ccccc1)=C(\C(O)c1ccc(Cl)cc1)S(=O)(=O)c1ccc(C)cc1. The van der Waals surface area contributed by atoms with Crippen LogP contribution in [0.1, 0.15) is 49.8 Å². The number of benzene rings is 3. The molecule has 0 spiro atoms. The van der Waals surface area contributed by atoms with Gasteiger partial charge < -0.3 is 0 Å². The van der Waals surface area contributed by atoms with Crippen LogP contribution in [-0.2, 0) is 9.84 Å². The predicted octanol–water partition coefficient (Wildman–Crippen LogP) is 5.98. The second-order valence-corrected chi connectivity index (χ2v) is 12.7. The van der Waals surface area contributed by atoms with E-state index in [1.165, 1.54) is 0 Å². The van der Waals surface area contributed by atoms with E-state index in [0.717, 1.165) is 33.8 Å². The van der Waals surface area contributed by atoms with Crippen molar-refractivity contribution in [3.63, 3.8) is 0 Å². The van der Waals surface area contributed by atoms with Crippen molar-refractivity contribution < 1.29 is 13.5 Å². The van der Waals surface area contributed by atoms with E-state index in [2.05, 4.69) is 6.92 Å². The molecular formula is C27H29ClO3SSe. The van der Waals surface area contributed by atoms with Crippen LogP contribution in [0.4, 0.5) is 0 Å². The molecule has 3 nitrogen and oxygen atoms in total. The maximum atomic E-state index is 14.0. The molecule has 3 rings (SSSR count). The summed E-state index contributed by atoms with van der Waals surface area (Å²) < 4.78 is 29.8. The van der Waals surface area contributed by atoms with Crippen molar-refractivity contribution >= 4 is 40.9 Å². The van der Waals surface area contributed by atoms with E-state index in [4.69, 9.17) is 11.6 Å². The zero-order valence-corrected chi connectivity index (χ0v) is 22.2. The van der Waals surface area contributed by atoms with Crippen LogP contribution >= 0.6 is 11.6 Å². The van der Waals surface area contributed by atoms with Gasteiger partial charge in [-0.25, -0.2) is 0 Å². The number of aliphatic hydroxyl groups excluding tert-OH is 1. The third kappa shape index (κ3) is 6.81. The summed E-state index contributed by atoms with van der Waals surface area (Å²) in [6.45, 7) is 4.04. The molecule has 6 heteroatoms. The molecule has 0 amide bonds. The first-order chi connectivity index (χ1) is 15.8. The van der Waals surface area contributed by atoms with Crippen molar-refractivity contribution in [1.29, 1.82) is 0 Å². The van der Waals surface area contributed by atoms with Gasteiger partial charge in [-0.2, -0.15) is 0 Å². The molecule has 3 aromatic rings. The first kappa shape index (κ1) is 25.7. The fourth-order valence-electron chi connectivity index (χ4n) is 3.48. The topological polar surface area (TPSA) is 54.4 Å². The third-order valence-corrected chi connectivity index (χ3v) is 10.3. The number of allylic oxidation sites excluding steroid dienone is 1. The van der Waals surface area contributed by atoms with Crippen molar-refractivity contribution in [2.24, 2.45) is 0 Å². The first-order valence-electron chi connectivity index (χ1n) is 11.0. The molecule has 1 atom stereocenters. The van der Waals surface area contributed by atoms with Gasteiger partial charge in [0, 0.05) is 0 Å². The molecule has 0 saturated carbocycles. The van der Waals surface area contributed by atoms with E-state index in [-0.39, 0.29) is 24.8 Å². The summed E-state index contributed by atoms with van der Waals surface area (Å²) in [5.74, 6) is 0. The van der Waals surface area contributed by atoms with Crippen LogP contribution < -0.4 is 4.46 Å². The summed E-state index contributed by atoms with van der Waals surface area (Å²) in [5, 5.41) is 12.0. The number of halogens is 1.